The lowest BCUT2D eigenvalue weighted by Crippen LogP contribution is -2.47. The van der Waals surface area contributed by atoms with Crippen molar-refractivity contribution in [3.63, 3.8) is 0 Å². The van der Waals surface area contributed by atoms with E-state index in [1.54, 1.807) is 16.0 Å². The molecule has 3 heterocycles. The van der Waals surface area contributed by atoms with E-state index in [2.05, 4.69) is 34.6 Å². The van der Waals surface area contributed by atoms with Gasteiger partial charge >= 0.3 is 0 Å². The van der Waals surface area contributed by atoms with Gasteiger partial charge in [-0.25, -0.2) is 4.98 Å². The van der Waals surface area contributed by atoms with Gasteiger partial charge in [0.15, 0.2) is 0 Å². The Balaban J connectivity index is 0.00000169. The van der Waals surface area contributed by atoms with Crippen molar-refractivity contribution in [2.45, 2.75) is 38.6 Å². The summed E-state index contributed by atoms with van der Waals surface area (Å²) in [6, 6.07) is 0. The van der Waals surface area contributed by atoms with Crippen molar-refractivity contribution in [1.29, 1.82) is 0 Å². The van der Waals surface area contributed by atoms with Gasteiger partial charge < -0.3 is 10.6 Å². The normalized spacial score (nSPS) is 21.4. The molecule has 0 aromatic carbocycles. The van der Waals surface area contributed by atoms with Crippen LogP contribution in [0.5, 0.6) is 0 Å². The molecule has 0 bridgehead atoms. The van der Waals surface area contributed by atoms with E-state index < -0.39 is 5.54 Å². The quantitative estimate of drug-likeness (QED) is 0.781. The molecule has 1 unspecified atom stereocenters. The highest BCUT2D eigenvalue weighted by atomic mass is 35.5. The molecule has 0 radical (unpaired) electrons. The first-order valence-corrected chi connectivity index (χ1v) is 9.25. The van der Waals surface area contributed by atoms with Gasteiger partial charge in [0.1, 0.15) is 5.01 Å². The molecule has 3 atom stereocenters. The first-order valence-electron chi connectivity index (χ1n) is 8.37. The lowest BCUT2D eigenvalue weighted by Gasteiger charge is -2.30. The summed E-state index contributed by atoms with van der Waals surface area (Å²) < 4.78 is 1.79. The number of halogens is 2. The molecule has 146 valence electrons. The number of amides is 1. The molecule has 3 rings (SSSR count). The lowest BCUT2D eigenvalue weighted by atomic mass is 9.89. The molecule has 2 N–H and O–H groups in total. The topological polar surface area (TPSA) is 71.8 Å². The fraction of sp³-hybridized carbons (Fsp3) is 0.588. The van der Waals surface area contributed by atoms with Crippen LogP contribution >= 0.6 is 36.2 Å². The minimum absolute atomic E-state index is 0. The van der Waals surface area contributed by atoms with Crippen LogP contribution in [0.3, 0.4) is 0 Å². The van der Waals surface area contributed by atoms with Crippen molar-refractivity contribution in [3.05, 3.63) is 34.0 Å². The van der Waals surface area contributed by atoms with Gasteiger partial charge in [-0.2, -0.15) is 5.10 Å². The third-order valence-electron chi connectivity index (χ3n) is 4.90. The summed E-state index contributed by atoms with van der Waals surface area (Å²) in [4.78, 5) is 17.6. The van der Waals surface area contributed by atoms with E-state index in [0.717, 1.165) is 29.2 Å². The molecule has 1 aliphatic rings. The maximum atomic E-state index is 13.0. The van der Waals surface area contributed by atoms with Crippen LogP contribution in [0.25, 0.3) is 0 Å². The van der Waals surface area contributed by atoms with Crippen molar-refractivity contribution in [1.82, 2.24) is 25.4 Å². The maximum absolute atomic E-state index is 13.0. The number of aromatic nitrogens is 3. The Morgan fingerprint density at radius 1 is 1.46 bits per heavy atom. The third kappa shape index (κ3) is 4.57. The van der Waals surface area contributed by atoms with Crippen molar-refractivity contribution < 1.29 is 4.79 Å². The molecule has 2 aromatic rings. The van der Waals surface area contributed by atoms with Crippen LogP contribution in [0, 0.1) is 12.8 Å². The number of rotatable bonds is 5. The monoisotopic (exact) mass is 419 g/mol. The van der Waals surface area contributed by atoms with Gasteiger partial charge in [-0.1, -0.05) is 6.92 Å². The first kappa shape index (κ1) is 22.9. The van der Waals surface area contributed by atoms with E-state index in [1.165, 1.54) is 0 Å². The summed E-state index contributed by atoms with van der Waals surface area (Å²) in [6.07, 6.45) is 4.67. The van der Waals surface area contributed by atoms with Crippen LogP contribution in [-0.4, -0.2) is 33.8 Å². The van der Waals surface area contributed by atoms with Crippen molar-refractivity contribution in [2.75, 3.05) is 13.1 Å². The SMILES string of the molecule is CCC(C)(NC(=O)[C@H]1CNC[C@@H]1c1cnn(C)c1)c1nc(C)cs1.Cl.Cl. The summed E-state index contributed by atoms with van der Waals surface area (Å²) in [7, 11) is 1.90. The average Bonchev–Trinajstić information content (AvgIpc) is 3.26. The second-order valence-electron chi connectivity index (χ2n) is 6.79. The predicted molar refractivity (Wildman–Crippen MR) is 109 cm³/mol. The fourth-order valence-electron chi connectivity index (χ4n) is 3.20. The van der Waals surface area contributed by atoms with Crippen molar-refractivity contribution in [3.8, 4) is 0 Å². The highest BCUT2D eigenvalue weighted by Gasteiger charge is 2.38. The van der Waals surface area contributed by atoms with E-state index in [1.807, 2.05) is 31.7 Å². The molecular formula is C17H27Cl2N5OS. The van der Waals surface area contributed by atoms with Gasteiger partial charge in [-0.05, 0) is 25.8 Å². The number of thiazole rings is 1. The minimum Gasteiger partial charge on any atom is -0.344 e. The Hall–Kier alpha value is -1.15. The molecule has 1 aliphatic heterocycles. The smallest absolute Gasteiger partial charge is 0.225 e. The number of hydrogen-bond donors (Lipinski definition) is 2. The molecule has 0 saturated carbocycles. The molecule has 1 amide bonds. The summed E-state index contributed by atoms with van der Waals surface area (Å²) in [5.74, 6) is 0.171. The molecule has 1 fully saturated rings. The average molecular weight is 420 g/mol. The Kier molecular flexibility index (Phi) is 8.07. The number of carbonyl (C=O) groups is 1. The third-order valence-corrected chi connectivity index (χ3v) is 6.13. The van der Waals surface area contributed by atoms with E-state index in [4.69, 9.17) is 0 Å². The zero-order valence-electron chi connectivity index (χ0n) is 15.5. The second-order valence-corrected chi connectivity index (χ2v) is 7.65. The van der Waals surface area contributed by atoms with Crippen LogP contribution in [0.1, 0.15) is 42.5 Å². The number of hydrogen-bond acceptors (Lipinski definition) is 5. The highest BCUT2D eigenvalue weighted by Crippen LogP contribution is 2.31. The number of nitrogens with one attached hydrogen (secondary N) is 2. The Labute approximate surface area is 171 Å². The largest absolute Gasteiger partial charge is 0.344 e. The van der Waals surface area contributed by atoms with Crippen LogP contribution in [0.4, 0.5) is 0 Å². The molecular weight excluding hydrogens is 393 g/mol. The molecule has 0 aliphatic carbocycles. The van der Waals surface area contributed by atoms with E-state index >= 15 is 0 Å². The zero-order valence-corrected chi connectivity index (χ0v) is 17.9. The molecule has 9 heteroatoms. The van der Waals surface area contributed by atoms with Crippen LogP contribution in [0.15, 0.2) is 17.8 Å². The Bertz CT molecular complexity index is 734. The van der Waals surface area contributed by atoms with E-state index in [-0.39, 0.29) is 42.6 Å². The number of aryl methyl sites for hydroxylation is 2. The lowest BCUT2D eigenvalue weighted by molar-refractivity contribution is -0.126. The van der Waals surface area contributed by atoms with Gasteiger partial charge in [0.2, 0.25) is 5.91 Å². The van der Waals surface area contributed by atoms with Crippen LogP contribution < -0.4 is 10.6 Å². The van der Waals surface area contributed by atoms with Gasteiger partial charge in [-0.3, -0.25) is 9.48 Å². The molecule has 1 saturated heterocycles. The Morgan fingerprint density at radius 2 is 2.19 bits per heavy atom. The number of nitrogens with zero attached hydrogens (tertiary/aromatic N) is 3. The van der Waals surface area contributed by atoms with Gasteiger partial charge in [0, 0.05) is 43.3 Å². The first-order chi connectivity index (χ1) is 11.4. The predicted octanol–water partition coefficient (Wildman–Crippen LogP) is 2.77. The number of carbonyl (C=O) groups excluding carboxylic acids is 1. The zero-order chi connectivity index (χ0) is 17.3. The fourth-order valence-corrected chi connectivity index (χ4v) is 4.19. The minimum atomic E-state index is -0.419. The Morgan fingerprint density at radius 3 is 2.73 bits per heavy atom. The summed E-state index contributed by atoms with van der Waals surface area (Å²) in [5.41, 5.74) is 1.70. The van der Waals surface area contributed by atoms with Crippen molar-refractivity contribution >= 4 is 42.1 Å². The summed E-state index contributed by atoms with van der Waals surface area (Å²) >= 11 is 1.61. The molecule has 2 aromatic heterocycles. The molecule has 26 heavy (non-hydrogen) atoms. The van der Waals surface area contributed by atoms with Crippen molar-refractivity contribution in [2.24, 2.45) is 13.0 Å². The highest BCUT2D eigenvalue weighted by molar-refractivity contribution is 7.09. The maximum Gasteiger partial charge on any atom is 0.225 e. The van der Waals surface area contributed by atoms with Crippen LogP contribution in [-0.2, 0) is 17.4 Å². The van der Waals surface area contributed by atoms with Gasteiger partial charge in [0.05, 0.1) is 17.7 Å². The standard InChI is InChI=1S/C17H25N5OS.2ClH/c1-5-17(3,16-20-11(2)10-24-16)21-15(23)14-8-18-7-13(14)12-6-19-22(4)9-12;;/h6,9-10,13-14,18H,5,7-8H2,1-4H3,(H,21,23);2*1H/t13-,14+,17?;;/m1../s1. The van der Waals surface area contributed by atoms with Crippen LogP contribution in [0.2, 0.25) is 0 Å². The van der Waals surface area contributed by atoms with Gasteiger partial charge in [0.25, 0.3) is 0 Å². The van der Waals surface area contributed by atoms with E-state index in [0.29, 0.717) is 6.54 Å². The summed E-state index contributed by atoms with van der Waals surface area (Å²) in [6.45, 7) is 7.63. The summed E-state index contributed by atoms with van der Waals surface area (Å²) in [5, 5.41) is 13.9. The van der Waals surface area contributed by atoms with E-state index in [9.17, 15) is 4.79 Å². The van der Waals surface area contributed by atoms with Gasteiger partial charge in [-0.15, -0.1) is 36.2 Å². The molecule has 0 spiro atoms. The second kappa shape index (κ2) is 9.17. The molecule has 6 nitrogen and oxygen atoms in total.